The van der Waals surface area contributed by atoms with Gasteiger partial charge in [-0.15, -0.1) is 0 Å². The van der Waals surface area contributed by atoms with Gasteiger partial charge in [0.1, 0.15) is 17.2 Å². The predicted octanol–water partition coefficient (Wildman–Crippen LogP) is 3.71. The summed E-state index contributed by atoms with van der Waals surface area (Å²) in [5, 5.41) is 0.354. The largest absolute Gasteiger partial charge is 0.369 e. The van der Waals surface area contributed by atoms with Crippen LogP contribution in [0.1, 0.15) is 22.9 Å². The van der Waals surface area contributed by atoms with Crippen LogP contribution in [0.25, 0.3) is 16.7 Å². The fraction of sp³-hybridized carbons (Fsp3) is 0.222. The Morgan fingerprint density at radius 1 is 1.43 bits per heavy atom. The number of aliphatic imine (C=N–C) groups is 1. The summed E-state index contributed by atoms with van der Waals surface area (Å²) in [5.74, 6) is -1.96. The number of sulfonamides is 1. The van der Waals surface area contributed by atoms with E-state index in [0.29, 0.717) is 10.6 Å². The van der Waals surface area contributed by atoms with Crippen LogP contribution in [-0.2, 0) is 15.6 Å². The molecule has 1 aliphatic heterocycles. The van der Waals surface area contributed by atoms with Gasteiger partial charge in [-0.25, -0.2) is 31.3 Å². The first kappa shape index (κ1) is 20.0. The van der Waals surface area contributed by atoms with E-state index in [2.05, 4.69) is 9.84 Å². The smallest absolute Gasteiger partial charge is 0.241 e. The van der Waals surface area contributed by atoms with E-state index in [1.165, 1.54) is 44.3 Å². The Kier molecular flexibility index (Phi) is 4.99. The Bertz CT molecular complexity index is 1150. The van der Waals surface area contributed by atoms with Gasteiger partial charge in [-0.05, 0) is 36.8 Å². The van der Waals surface area contributed by atoms with Gasteiger partial charge in [0.25, 0.3) is 0 Å². The maximum absolute atomic E-state index is 14.5. The third-order valence-corrected chi connectivity index (χ3v) is 7.30. The van der Waals surface area contributed by atoms with Gasteiger partial charge in [-0.1, -0.05) is 12.1 Å². The van der Waals surface area contributed by atoms with Crippen LogP contribution in [0.4, 0.5) is 13.8 Å². The highest BCUT2D eigenvalue weighted by molar-refractivity contribution is 7.89. The van der Waals surface area contributed by atoms with Crippen molar-refractivity contribution in [3.63, 3.8) is 0 Å². The molecule has 2 N–H and O–H groups in total. The van der Waals surface area contributed by atoms with Crippen molar-refractivity contribution >= 4 is 44.2 Å². The lowest BCUT2D eigenvalue weighted by molar-refractivity contribution is 0.458. The lowest BCUT2D eigenvalue weighted by Crippen LogP contribution is -2.50. The molecular formula is C18H16F2N4O2S2. The number of hydrogen-bond acceptors (Lipinski definition) is 5. The third kappa shape index (κ3) is 3.63. The van der Waals surface area contributed by atoms with E-state index in [4.69, 9.17) is 12.3 Å². The topological polar surface area (TPSA) is 80.1 Å². The highest BCUT2D eigenvalue weighted by atomic mass is 32.2. The lowest BCUT2D eigenvalue weighted by atomic mass is 9.92. The molecule has 2 heterocycles. The molecule has 6 nitrogen and oxygen atoms in total. The molecule has 0 saturated carbocycles. The maximum atomic E-state index is 14.5. The van der Waals surface area contributed by atoms with Crippen LogP contribution < -0.4 is 5.73 Å². The molecule has 28 heavy (non-hydrogen) atoms. The molecular weight excluding hydrogens is 406 g/mol. The van der Waals surface area contributed by atoms with Crippen LogP contribution >= 0.6 is 11.3 Å². The highest BCUT2D eigenvalue weighted by Crippen LogP contribution is 2.35. The molecule has 0 spiro atoms. The van der Waals surface area contributed by atoms with Crippen LogP contribution in [-0.4, -0.2) is 31.5 Å². The third-order valence-electron chi connectivity index (χ3n) is 4.37. The number of guanidine groups is 1. The van der Waals surface area contributed by atoms with Crippen molar-refractivity contribution in [3.05, 3.63) is 63.6 Å². The molecule has 146 valence electrons. The van der Waals surface area contributed by atoms with Crippen molar-refractivity contribution in [1.82, 2.24) is 4.31 Å². The summed E-state index contributed by atoms with van der Waals surface area (Å²) in [6.07, 6.45) is 1.20. The van der Waals surface area contributed by atoms with E-state index >= 15 is 0 Å². The maximum Gasteiger partial charge on any atom is 0.241 e. The average Bonchev–Trinajstić information content (AvgIpc) is 3.10. The van der Waals surface area contributed by atoms with Crippen LogP contribution in [0.2, 0.25) is 0 Å². The minimum absolute atomic E-state index is 0.00158. The number of halogens is 2. The number of nitrogens with two attached hydrogens (primary N) is 1. The predicted molar refractivity (Wildman–Crippen MR) is 106 cm³/mol. The average molecular weight is 422 g/mol. The molecule has 0 fully saturated rings. The van der Waals surface area contributed by atoms with Gasteiger partial charge < -0.3 is 5.73 Å². The molecule has 0 saturated heterocycles. The van der Waals surface area contributed by atoms with E-state index in [0.717, 1.165) is 21.7 Å². The summed E-state index contributed by atoms with van der Waals surface area (Å²) < 4.78 is 54.5. The standard InChI is InChI=1S/C18H16F2N4O2S2/c1-18(10-28(25,26)24(3)17(21)23-18)12-8-11(4-5-13(12)19)9-14(20)15-6-7-16(22-2)27-15/h4-9H,10H2,1,3H3,(H2,21,23)/b14-9-/t18-/m0/s1. The Balaban J connectivity index is 2.05. The Labute approximate surface area is 165 Å². The molecule has 10 heteroatoms. The van der Waals surface area contributed by atoms with E-state index in [1.807, 2.05) is 0 Å². The van der Waals surface area contributed by atoms with Crippen molar-refractivity contribution in [3.8, 4) is 0 Å². The van der Waals surface area contributed by atoms with Gasteiger partial charge in [-0.3, -0.25) is 0 Å². The molecule has 1 aliphatic rings. The van der Waals surface area contributed by atoms with Gasteiger partial charge in [0, 0.05) is 17.5 Å². The fourth-order valence-corrected chi connectivity index (χ4v) is 5.02. The molecule has 3 rings (SSSR count). The molecule has 0 radical (unpaired) electrons. The zero-order chi connectivity index (χ0) is 20.7. The van der Waals surface area contributed by atoms with Crippen LogP contribution in [0.3, 0.4) is 0 Å². The number of nitrogens with zero attached hydrogens (tertiary/aromatic N) is 3. The van der Waals surface area contributed by atoms with Crippen LogP contribution in [0.5, 0.6) is 0 Å². The second-order valence-electron chi connectivity index (χ2n) is 6.45. The molecule has 0 amide bonds. The van der Waals surface area contributed by atoms with Crippen LogP contribution in [0, 0.1) is 12.4 Å². The lowest BCUT2D eigenvalue weighted by Gasteiger charge is -2.34. The first-order valence-corrected chi connectivity index (χ1v) is 10.5. The quantitative estimate of drug-likeness (QED) is 0.766. The van der Waals surface area contributed by atoms with Crippen molar-refractivity contribution < 1.29 is 17.2 Å². The van der Waals surface area contributed by atoms with Crippen molar-refractivity contribution in [1.29, 1.82) is 0 Å². The molecule has 0 bridgehead atoms. The molecule has 1 aromatic carbocycles. The summed E-state index contributed by atoms with van der Waals surface area (Å²) in [5.41, 5.74) is 4.60. The number of thiophene rings is 1. The van der Waals surface area contributed by atoms with Gasteiger partial charge in [0.15, 0.2) is 0 Å². The second kappa shape index (κ2) is 7.00. The normalized spacial score (nSPS) is 21.9. The highest BCUT2D eigenvalue weighted by Gasteiger charge is 2.41. The molecule has 0 unspecified atom stereocenters. The monoisotopic (exact) mass is 422 g/mol. The van der Waals surface area contributed by atoms with Crippen molar-refractivity contribution in [2.24, 2.45) is 10.7 Å². The summed E-state index contributed by atoms with van der Waals surface area (Å²) in [7, 11) is -2.49. The molecule has 2 aromatic rings. The van der Waals surface area contributed by atoms with Crippen molar-refractivity contribution in [2.45, 2.75) is 12.5 Å². The molecule has 0 aliphatic carbocycles. The number of benzene rings is 1. The Morgan fingerprint density at radius 2 is 2.14 bits per heavy atom. The van der Waals surface area contributed by atoms with E-state index in [-0.39, 0.29) is 16.4 Å². The van der Waals surface area contributed by atoms with Gasteiger partial charge in [0.05, 0.1) is 12.3 Å². The summed E-state index contributed by atoms with van der Waals surface area (Å²) in [4.78, 5) is 7.68. The summed E-state index contributed by atoms with van der Waals surface area (Å²) in [6, 6.07) is 6.87. The summed E-state index contributed by atoms with van der Waals surface area (Å²) in [6.45, 7) is 8.41. The van der Waals surface area contributed by atoms with Gasteiger partial charge in [-0.2, -0.15) is 11.3 Å². The zero-order valence-electron chi connectivity index (χ0n) is 15.0. The summed E-state index contributed by atoms with van der Waals surface area (Å²) >= 11 is 1.00. The van der Waals surface area contributed by atoms with Crippen molar-refractivity contribution in [2.75, 3.05) is 12.8 Å². The SMILES string of the molecule is [C-]#[N+]c1ccc(/C(F)=C/c2ccc(F)c([C@]3(C)CS(=O)(=O)N(C)C(N)=N3)c2)s1. The zero-order valence-corrected chi connectivity index (χ0v) is 16.6. The van der Waals surface area contributed by atoms with Crippen LogP contribution in [0.15, 0.2) is 35.3 Å². The Hall–Kier alpha value is -2.77. The van der Waals surface area contributed by atoms with Gasteiger partial charge in [0.2, 0.25) is 21.0 Å². The van der Waals surface area contributed by atoms with E-state index in [1.54, 1.807) is 0 Å². The second-order valence-corrected chi connectivity index (χ2v) is 9.51. The minimum Gasteiger partial charge on any atom is -0.369 e. The van der Waals surface area contributed by atoms with Gasteiger partial charge >= 0.3 is 0 Å². The molecule has 1 aromatic heterocycles. The first-order valence-electron chi connectivity index (χ1n) is 8.02. The number of rotatable bonds is 3. The van der Waals surface area contributed by atoms with E-state index in [9.17, 15) is 17.2 Å². The number of hydrogen-bond donors (Lipinski definition) is 1. The molecule has 1 atom stereocenters. The minimum atomic E-state index is -3.77. The Morgan fingerprint density at radius 3 is 2.75 bits per heavy atom. The van der Waals surface area contributed by atoms with E-state index < -0.39 is 33.0 Å². The first-order chi connectivity index (χ1) is 13.1. The fourth-order valence-electron chi connectivity index (χ4n) is 2.87.